The lowest BCUT2D eigenvalue weighted by Crippen LogP contribution is -1.93. The SMILES string of the molecule is CC(C)c1ccccc1Oc1ccc(Cl)cc1. The van der Waals surface area contributed by atoms with E-state index in [2.05, 4.69) is 19.9 Å². The molecule has 0 spiro atoms. The molecule has 88 valence electrons. The first-order chi connectivity index (χ1) is 8.16. The summed E-state index contributed by atoms with van der Waals surface area (Å²) in [5, 5.41) is 0.717. The fourth-order valence-electron chi connectivity index (χ4n) is 1.68. The highest BCUT2D eigenvalue weighted by molar-refractivity contribution is 6.30. The van der Waals surface area contributed by atoms with Crippen LogP contribution in [-0.4, -0.2) is 0 Å². The lowest BCUT2D eigenvalue weighted by atomic mass is 10.0. The van der Waals surface area contributed by atoms with Gasteiger partial charge in [0.1, 0.15) is 11.5 Å². The molecule has 2 heteroatoms. The number of ether oxygens (including phenoxy) is 1. The Kier molecular flexibility index (Phi) is 3.70. The van der Waals surface area contributed by atoms with E-state index in [4.69, 9.17) is 16.3 Å². The molecule has 0 heterocycles. The Balaban J connectivity index is 2.26. The van der Waals surface area contributed by atoms with E-state index >= 15 is 0 Å². The molecular formula is C15H15ClO. The van der Waals surface area contributed by atoms with E-state index in [0.29, 0.717) is 5.92 Å². The van der Waals surface area contributed by atoms with Crippen molar-refractivity contribution < 1.29 is 4.74 Å². The Morgan fingerprint density at radius 2 is 1.59 bits per heavy atom. The van der Waals surface area contributed by atoms with Gasteiger partial charge in [0.15, 0.2) is 0 Å². The lowest BCUT2D eigenvalue weighted by molar-refractivity contribution is 0.473. The van der Waals surface area contributed by atoms with E-state index in [1.54, 1.807) is 0 Å². The maximum Gasteiger partial charge on any atom is 0.130 e. The second-order valence-electron chi connectivity index (χ2n) is 4.25. The average molecular weight is 247 g/mol. The fraction of sp³-hybridized carbons (Fsp3) is 0.200. The molecule has 0 fully saturated rings. The van der Waals surface area contributed by atoms with Crippen molar-refractivity contribution in [3.63, 3.8) is 0 Å². The molecule has 2 aromatic carbocycles. The van der Waals surface area contributed by atoms with Gasteiger partial charge in [0.25, 0.3) is 0 Å². The van der Waals surface area contributed by atoms with Gasteiger partial charge in [-0.2, -0.15) is 0 Å². The summed E-state index contributed by atoms with van der Waals surface area (Å²) >= 11 is 5.84. The first-order valence-corrected chi connectivity index (χ1v) is 6.07. The minimum Gasteiger partial charge on any atom is -0.457 e. The number of hydrogen-bond acceptors (Lipinski definition) is 1. The molecule has 17 heavy (non-hydrogen) atoms. The van der Waals surface area contributed by atoms with E-state index in [0.717, 1.165) is 16.5 Å². The molecule has 2 rings (SSSR count). The van der Waals surface area contributed by atoms with Gasteiger partial charge in [-0.15, -0.1) is 0 Å². The summed E-state index contributed by atoms with van der Waals surface area (Å²) in [5.41, 5.74) is 1.21. The van der Waals surface area contributed by atoms with Gasteiger partial charge in [0, 0.05) is 5.02 Å². The smallest absolute Gasteiger partial charge is 0.130 e. The van der Waals surface area contributed by atoms with Crippen LogP contribution in [0, 0.1) is 0 Å². The zero-order valence-corrected chi connectivity index (χ0v) is 10.7. The molecule has 0 saturated heterocycles. The number of halogens is 1. The average Bonchev–Trinajstić information content (AvgIpc) is 2.32. The van der Waals surface area contributed by atoms with Gasteiger partial charge < -0.3 is 4.74 Å². The highest BCUT2D eigenvalue weighted by Crippen LogP contribution is 2.30. The molecule has 0 radical (unpaired) electrons. The summed E-state index contributed by atoms with van der Waals surface area (Å²) in [5.74, 6) is 2.16. The lowest BCUT2D eigenvalue weighted by Gasteiger charge is -2.13. The van der Waals surface area contributed by atoms with Crippen LogP contribution in [0.15, 0.2) is 48.5 Å². The van der Waals surface area contributed by atoms with Crippen molar-refractivity contribution in [2.24, 2.45) is 0 Å². The normalized spacial score (nSPS) is 10.6. The van der Waals surface area contributed by atoms with Gasteiger partial charge in [0.05, 0.1) is 0 Å². The first-order valence-electron chi connectivity index (χ1n) is 5.69. The summed E-state index contributed by atoms with van der Waals surface area (Å²) in [4.78, 5) is 0. The minimum absolute atomic E-state index is 0.443. The van der Waals surface area contributed by atoms with Gasteiger partial charge in [-0.05, 0) is 41.8 Å². The van der Waals surface area contributed by atoms with Gasteiger partial charge in [-0.1, -0.05) is 43.6 Å². The van der Waals surface area contributed by atoms with Crippen LogP contribution in [0.5, 0.6) is 11.5 Å². The van der Waals surface area contributed by atoms with Crippen molar-refractivity contribution >= 4 is 11.6 Å². The molecule has 0 aliphatic rings. The standard InChI is InChI=1S/C15H15ClO/c1-11(2)14-5-3-4-6-15(14)17-13-9-7-12(16)8-10-13/h3-11H,1-2H3. The highest BCUT2D eigenvalue weighted by atomic mass is 35.5. The van der Waals surface area contributed by atoms with Crippen LogP contribution >= 0.6 is 11.6 Å². The van der Waals surface area contributed by atoms with E-state index in [-0.39, 0.29) is 0 Å². The van der Waals surface area contributed by atoms with Gasteiger partial charge in [-0.3, -0.25) is 0 Å². The topological polar surface area (TPSA) is 9.23 Å². The summed E-state index contributed by atoms with van der Waals surface area (Å²) in [6.07, 6.45) is 0. The molecule has 0 aliphatic heterocycles. The third-order valence-corrected chi connectivity index (χ3v) is 2.83. The van der Waals surface area contributed by atoms with Crippen LogP contribution in [0.4, 0.5) is 0 Å². The Morgan fingerprint density at radius 1 is 0.941 bits per heavy atom. The molecule has 0 amide bonds. The second-order valence-corrected chi connectivity index (χ2v) is 4.68. The van der Waals surface area contributed by atoms with Crippen LogP contribution < -0.4 is 4.74 Å². The third-order valence-electron chi connectivity index (χ3n) is 2.58. The molecule has 0 aromatic heterocycles. The van der Waals surface area contributed by atoms with Gasteiger partial charge in [0.2, 0.25) is 0 Å². The molecular weight excluding hydrogens is 232 g/mol. The summed E-state index contributed by atoms with van der Waals surface area (Å²) < 4.78 is 5.87. The van der Waals surface area contributed by atoms with Crippen molar-refractivity contribution in [1.29, 1.82) is 0 Å². The van der Waals surface area contributed by atoms with Crippen molar-refractivity contribution in [2.45, 2.75) is 19.8 Å². The molecule has 0 aliphatic carbocycles. The zero-order valence-electron chi connectivity index (χ0n) is 9.98. The predicted molar refractivity (Wildman–Crippen MR) is 72.1 cm³/mol. The monoisotopic (exact) mass is 246 g/mol. The number of hydrogen-bond donors (Lipinski definition) is 0. The van der Waals surface area contributed by atoms with Gasteiger partial charge in [-0.25, -0.2) is 0 Å². The molecule has 0 unspecified atom stereocenters. The van der Waals surface area contributed by atoms with Gasteiger partial charge >= 0.3 is 0 Å². The summed E-state index contributed by atoms with van der Waals surface area (Å²) in [7, 11) is 0. The van der Waals surface area contributed by atoms with Crippen LogP contribution in [0.25, 0.3) is 0 Å². The third kappa shape index (κ3) is 3.01. The van der Waals surface area contributed by atoms with Crippen LogP contribution in [0.1, 0.15) is 25.3 Å². The van der Waals surface area contributed by atoms with E-state index < -0.39 is 0 Å². The minimum atomic E-state index is 0.443. The molecule has 1 nitrogen and oxygen atoms in total. The molecule has 0 N–H and O–H groups in total. The van der Waals surface area contributed by atoms with Crippen LogP contribution in [-0.2, 0) is 0 Å². The summed E-state index contributed by atoms with van der Waals surface area (Å²) in [6, 6.07) is 15.5. The van der Waals surface area contributed by atoms with Crippen LogP contribution in [0.3, 0.4) is 0 Å². The molecule has 2 aromatic rings. The molecule has 0 atom stereocenters. The Morgan fingerprint density at radius 3 is 2.24 bits per heavy atom. The quantitative estimate of drug-likeness (QED) is 0.718. The van der Waals surface area contributed by atoms with E-state index in [9.17, 15) is 0 Å². The maximum absolute atomic E-state index is 5.87. The molecule has 0 bridgehead atoms. The Hall–Kier alpha value is -1.47. The van der Waals surface area contributed by atoms with E-state index in [1.165, 1.54) is 5.56 Å². The predicted octanol–water partition coefficient (Wildman–Crippen LogP) is 5.26. The largest absolute Gasteiger partial charge is 0.457 e. The Labute approximate surface area is 107 Å². The van der Waals surface area contributed by atoms with E-state index in [1.807, 2.05) is 42.5 Å². The van der Waals surface area contributed by atoms with Crippen LogP contribution in [0.2, 0.25) is 5.02 Å². The number of rotatable bonds is 3. The van der Waals surface area contributed by atoms with Crippen molar-refractivity contribution in [1.82, 2.24) is 0 Å². The maximum atomic E-state index is 5.87. The fourth-order valence-corrected chi connectivity index (χ4v) is 1.81. The first kappa shape index (κ1) is 12.0. The van der Waals surface area contributed by atoms with Crippen molar-refractivity contribution in [3.8, 4) is 11.5 Å². The number of benzene rings is 2. The Bertz CT molecular complexity index is 489. The zero-order chi connectivity index (χ0) is 12.3. The van der Waals surface area contributed by atoms with Crippen molar-refractivity contribution in [3.05, 3.63) is 59.1 Å². The molecule has 0 saturated carbocycles. The highest BCUT2D eigenvalue weighted by Gasteiger charge is 2.07. The van der Waals surface area contributed by atoms with Crippen molar-refractivity contribution in [2.75, 3.05) is 0 Å². The second kappa shape index (κ2) is 5.24. The summed E-state index contributed by atoms with van der Waals surface area (Å²) in [6.45, 7) is 4.31. The number of para-hydroxylation sites is 1.